The van der Waals surface area contributed by atoms with E-state index in [1.807, 2.05) is 29.0 Å². The minimum absolute atomic E-state index is 0. The van der Waals surface area contributed by atoms with Gasteiger partial charge in [-0.1, -0.05) is 0 Å². The number of pyridine rings is 1. The first-order valence-electron chi connectivity index (χ1n) is 6.43. The highest BCUT2D eigenvalue weighted by molar-refractivity contribution is 6.04. The third-order valence-corrected chi connectivity index (χ3v) is 3.45. The van der Waals surface area contributed by atoms with Gasteiger partial charge in [0.1, 0.15) is 18.2 Å². The maximum atomic E-state index is 13.5. The summed E-state index contributed by atoms with van der Waals surface area (Å²) in [4.78, 5) is 0. The molecule has 0 saturated heterocycles. The summed E-state index contributed by atoms with van der Waals surface area (Å²) in [5, 5.41) is 11.9. The van der Waals surface area contributed by atoms with Crippen molar-refractivity contribution < 1.29 is 35.8 Å². The summed E-state index contributed by atoms with van der Waals surface area (Å²) in [6, 6.07) is 10.4. The second-order valence-electron chi connectivity index (χ2n) is 4.66. The summed E-state index contributed by atoms with van der Waals surface area (Å²) < 4.78 is 20.7. The van der Waals surface area contributed by atoms with Gasteiger partial charge >= 0.3 is 0 Å². The van der Waals surface area contributed by atoms with E-state index in [4.69, 9.17) is 4.74 Å². The van der Waals surface area contributed by atoms with E-state index in [9.17, 15) is 9.50 Å². The minimum Gasteiger partial charge on any atom is -1.00 e. The van der Waals surface area contributed by atoms with E-state index < -0.39 is 0 Å². The Balaban J connectivity index is 0.00000161. The zero-order chi connectivity index (χ0) is 14.1. The zero-order valence-corrected chi connectivity index (χ0v) is 13.1. The lowest BCUT2D eigenvalue weighted by Crippen LogP contribution is -3.00. The Labute approximate surface area is 132 Å². The fraction of sp³-hybridized carbons (Fsp3) is 0.188. The molecule has 0 radical (unpaired) electrons. The number of methoxy groups -OCH3 is 1. The molecule has 1 aromatic heterocycles. The van der Waals surface area contributed by atoms with Gasteiger partial charge in [0.25, 0.3) is 0 Å². The molecule has 0 unspecified atom stereocenters. The van der Waals surface area contributed by atoms with Crippen LogP contribution in [0.1, 0.15) is 0 Å². The molecule has 0 amide bonds. The number of hydrogen-bond donors (Lipinski definition) is 1. The molecule has 1 heterocycles. The van der Waals surface area contributed by atoms with Gasteiger partial charge < -0.3 is 26.8 Å². The van der Waals surface area contributed by atoms with E-state index in [-0.39, 0.29) is 29.4 Å². The predicted molar refractivity (Wildman–Crippen MR) is 75.2 cm³/mol. The Bertz CT molecular complexity index is 792. The first-order valence-corrected chi connectivity index (χ1v) is 6.43. The van der Waals surface area contributed by atoms with Gasteiger partial charge in [0.15, 0.2) is 12.7 Å². The molecule has 1 N–H and O–H groups in total. The number of hydrogen-bond acceptors (Lipinski definition) is 2. The highest BCUT2D eigenvalue weighted by atomic mass is 79.9. The Morgan fingerprint density at radius 1 is 1.14 bits per heavy atom. The van der Waals surface area contributed by atoms with E-state index in [1.165, 1.54) is 12.1 Å². The van der Waals surface area contributed by atoms with Crippen LogP contribution in [-0.4, -0.2) is 18.8 Å². The molecule has 0 aliphatic heterocycles. The number of aromatic nitrogens is 1. The van der Waals surface area contributed by atoms with Gasteiger partial charge in [-0.25, -0.2) is 4.39 Å². The highest BCUT2D eigenvalue weighted by Gasteiger charge is 2.14. The van der Waals surface area contributed by atoms with Crippen molar-refractivity contribution in [3.8, 4) is 5.75 Å². The fourth-order valence-corrected chi connectivity index (χ4v) is 2.52. The smallest absolute Gasteiger partial charge is 0.213 e. The summed E-state index contributed by atoms with van der Waals surface area (Å²) in [6.45, 7) is 0.502. The molecule has 0 aliphatic rings. The van der Waals surface area contributed by atoms with Gasteiger partial charge in [0, 0.05) is 11.5 Å². The number of halogens is 2. The maximum Gasteiger partial charge on any atom is 0.213 e. The largest absolute Gasteiger partial charge is 1.00 e. The van der Waals surface area contributed by atoms with Gasteiger partial charge in [-0.15, -0.1) is 0 Å². The number of fused-ring (bicyclic) bond motifs is 3. The van der Waals surface area contributed by atoms with Crippen LogP contribution in [0.5, 0.6) is 5.75 Å². The van der Waals surface area contributed by atoms with Crippen molar-refractivity contribution in [2.75, 3.05) is 13.7 Å². The number of rotatable bonds is 3. The molecule has 0 bridgehead atoms. The van der Waals surface area contributed by atoms with Crippen LogP contribution in [0, 0.1) is 5.82 Å². The molecule has 0 fully saturated rings. The van der Waals surface area contributed by atoms with E-state index in [2.05, 4.69) is 0 Å². The molecule has 0 aliphatic carbocycles. The average Bonchev–Trinajstić information content (AvgIpc) is 2.46. The van der Waals surface area contributed by atoms with E-state index in [0.29, 0.717) is 6.54 Å². The molecule has 3 nitrogen and oxygen atoms in total. The van der Waals surface area contributed by atoms with Crippen molar-refractivity contribution in [2.45, 2.75) is 6.54 Å². The summed E-state index contributed by atoms with van der Waals surface area (Å²) in [5.41, 5.74) is 0.901. The van der Waals surface area contributed by atoms with Gasteiger partial charge in [-0.3, -0.25) is 0 Å². The van der Waals surface area contributed by atoms with Crippen molar-refractivity contribution in [3.05, 3.63) is 48.4 Å². The van der Waals surface area contributed by atoms with Crippen molar-refractivity contribution in [2.24, 2.45) is 0 Å². The average molecular weight is 352 g/mol. The number of aliphatic hydroxyl groups is 1. The Morgan fingerprint density at radius 3 is 2.67 bits per heavy atom. The topological polar surface area (TPSA) is 33.3 Å². The monoisotopic (exact) mass is 351 g/mol. The lowest BCUT2D eigenvalue weighted by Gasteiger charge is -2.06. The van der Waals surface area contributed by atoms with Crippen LogP contribution in [-0.2, 0) is 6.54 Å². The normalized spacial score (nSPS) is 10.6. The third kappa shape index (κ3) is 2.84. The van der Waals surface area contributed by atoms with Crippen LogP contribution in [0.25, 0.3) is 21.7 Å². The fourth-order valence-electron chi connectivity index (χ4n) is 2.52. The van der Waals surface area contributed by atoms with E-state index in [1.54, 1.807) is 13.2 Å². The Morgan fingerprint density at radius 2 is 1.95 bits per heavy atom. The van der Waals surface area contributed by atoms with Crippen molar-refractivity contribution in [1.82, 2.24) is 0 Å². The summed E-state index contributed by atoms with van der Waals surface area (Å²) in [7, 11) is 1.61. The van der Waals surface area contributed by atoms with Gasteiger partial charge in [0.2, 0.25) is 5.52 Å². The Kier molecular flexibility index (Phi) is 4.75. The molecule has 3 rings (SSSR count). The minimum atomic E-state index is -0.267. The zero-order valence-electron chi connectivity index (χ0n) is 11.5. The Hall–Kier alpha value is -1.72. The molecule has 0 atom stereocenters. The molecule has 21 heavy (non-hydrogen) atoms. The second kappa shape index (κ2) is 6.37. The molecule has 0 saturated carbocycles. The molecule has 0 spiro atoms. The van der Waals surface area contributed by atoms with Gasteiger partial charge in [-0.2, -0.15) is 4.57 Å². The standard InChI is InChI=1S/C16H15FNO2.BrH/c1-20-13-3-4-14-11(8-13)10-18(6-7-19)16-5-2-12(17)9-15(14)16;/h2-5,8-10,19H,6-7H2,1H3;1H/q+1;/p-1. The highest BCUT2D eigenvalue weighted by Crippen LogP contribution is 2.26. The maximum absolute atomic E-state index is 13.5. The number of aliphatic hydroxyl groups excluding tert-OH is 1. The number of benzene rings is 2. The molecule has 5 heteroatoms. The first kappa shape index (κ1) is 15.7. The molecule has 110 valence electrons. The van der Waals surface area contributed by atoms with Gasteiger partial charge in [0.05, 0.1) is 17.9 Å². The summed E-state index contributed by atoms with van der Waals surface area (Å²) >= 11 is 0. The lowest BCUT2D eigenvalue weighted by atomic mass is 10.1. The summed E-state index contributed by atoms with van der Waals surface area (Å²) in [5.74, 6) is 0.486. The van der Waals surface area contributed by atoms with Crippen molar-refractivity contribution in [3.63, 3.8) is 0 Å². The lowest BCUT2D eigenvalue weighted by molar-refractivity contribution is -0.671. The SMILES string of the molecule is COc1ccc2c(c1)c[n+](CCO)c1ccc(F)cc21.[Br-]. The predicted octanol–water partition coefficient (Wildman–Crippen LogP) is -0.575. The number of ether oxygens (including phenoxy) is 1. The van der Waals surface area contributed by atoms with Gasteiger partial charge in [-0.05, 0) is 30.3 Å². The van der Waals surface area contributed by atoms with Crippen LogP contribution in [0.2, 0.25) is 0 Å². The van der Waals surface area contributed by atoms with Crippen LogP contribution >= 0.6 is 0 Å². The number of nitrogens with zero attached hydrogens (tertiary/aromatic N) is 1. The summed E-state index contributed by atoms with van der Waals surface area (Å²) in [6.07, 6.45) is 1.95. The molecule has 3 aromatic rings. The first-order chi connectivity index (χ1) is 9.72. The van der Waals surface area contributed by atoms with Crippen LogP contribution in [0.15, 0.2) is 42.6 Å². The van der Waals surface area contributed by atoms with Crippen LogP contribution in [0.4, 0.5) is 4.39 Å². The molecular weight excluding hydrogens is 337 g/mol. The van der Waals surface area contributed by atoms with E-state index >= 15 is 0 Å². The van der Waals surface area contributed by atoms with E-state index in [0.717, 1.165) is 27.4 Å². The second-order valence-corrected chi connectivity index (χ2v) is 4.66. The van der Waals surface area contributed by atoms with Crippen LogP contribution in [0.3, 0.4) is 0 Å². The quantitative estimate of drug-likeness (QED) is 0.506. The third-order valence-electron chi connectivity index (χ3n) is 3.45. The molecule has 2 aromatic carbocycles. The van der Waals surface area contributed by atoms with Crippen molar-refractivity contribution >= 4 is 21.7 Å². The van der Waals surface area contributed by atoms with Crippen LogP contribution < -0.4 is 26.3 Å². The van der Waals surface area contributed by atoms with Crippen molar-refractivity contribution in [1.29, 1.82) is 0 Å². The molecular formula is C16H15BrFNO2.